The van der Waals surface area contributed by atoms with Crippen LogP contribution in [-0.2, 0) is 6.42 Å². The lowest BCUT2D eigenvalue weighted by molar-refractivity contribution is 0.106. The summed E-state index contributed by atoms with van der Waals surface area (Å²) in [7, 11) is 0. The highest BCUT2D eigenvalue weighted by atomic mass is 16.5. The Labute approximate surface area is 233 Å². The number of amides is 2. The number of phenols is 1. The summed E-state index contributed by atoms with van der Waals surface area (Å²) in [6.45, 7) is 5.81. The highest BCUT2D eigenvalue weighted by Crippen LogP contribution is 2.20. The van der Waals surface area contributed by atoms with E-state index in [1.54, 1.807) is 24.3 Å². The van der Waals surface area contributed by atoms with Crippen LogP contribution in [0.5, 0.6) is 17.2 Å². The Morgan fingerprint density at radius 1 is 0.949 bits per heavy atom. The number of aromatic hydroxyl groups is 1. The van der Waals surface area contributed by atoms with Gasteiger partial charge in [-0.25, -0.2) is 4.79 Å². The fourth-order valence-corrected chi connectivity index (χ4v) is 4.61. The van der Waals surface area contributed by atoms with E-state index in [0.29, 0.717) is 12.3 Å². The van der Waals surface area contributed by atoms with Crippen LogP contribution in [0, 0.1) is 0 Å². The molecule has 2 amide bonds. The molecule has 4 N–H and O–H groups in total. The molecular weight excluding hydrogens is 494 g/mol. The fourth-order valence-electron chi connectivity index (χ4n) is 4.61. The van der Waals surface area contributed by atoms with Gasteiger partial charge in [0.25, 0.3) is 0 Å². The zero-order chi connectivity index (χ0) is 27.7. The number of aliphatic hydroxyl groups is 1. The van der Waals surface area contributed by atoms with Crippen molar-refractivity contribution in [3.8, 4) is 17.2 Å². The van der Waals surface area contributed by atoms with Crippen LogP contribution >= 0.6 is 0 Å². The number of unbranched alkanes of at least 4 members (excludes halogenated alkanes) is 5. The summed E-state index contributed by atoms with van der Waals surface area (Å²) in [6.07, 6.45) is 9.40. The Morgan fingerprint density at radius 3 is 2.33 bits per heavy atom. The summed E-state index contributed by atoms with van der Waals surface area (Å²) in [6, 6.07) is 14.7. The molecule has 1 atom stereocenters. The summed E-state index contributed by atoms with van der Waals surface area (Å²) in [4.78, 5) is 14.3. The summed E-state index contributed by atoms with van der Waals surface area (Å²) in [5.41, 5.74) is 1.20. The first-order valence-electron chi connectivity index (χ1n) is 14.6. The minimum atomic E-state index is -0.618. The van der Waals surface area contributed by atoms with Crippen molar-refractivity contribution in [3.63, 3.8) is 0 Å². The van der Waals surface area contributed by atoms with E-state index in [-0.39, 0.29) is 24.5 Å². The van der Waals surface area contributed by atoms with Gasteiger partial charge < -0.3 is 35.2 Å². The summed E-state index contributed by atoms with van der Waals surface area (Å²) in [5.74, 6) is 1.66. The first-order valence-corrected chi connectivity index (χ1v) is 14.6. The van der Waals surface area contributed by atoms with Gasteiger partial charge in [-0.15, -0.1) is 0 Å². The first-order chi connectivity index (χ1) is 19.0. The van der Waals surface area contributed by atoms with Gasteiger partial charge in [0.2, 0.25) is 0 Å². The van der Waals surface area contributed by atoms with Gasteiger partial charge in [-0.2, -0.15) is 0 Å². The highest BCUT2D eigenvalue weighted by molar-refractivity contribution is 5.74. The Hall–Kier alpha value is -2.97. The predicted octanol–water partition coefficient (Wildman–Crippen LogP) is 4.88. The van der Waals surface area contributed by atoms with Crippen LogP contribution in [0.2, 0.25) is 0 Å². The molecule has 0 unspecified atom stereocenters. The largest absolute Gasteiger partial charge is 0.508 e. The zero-order valence-corrected chi connectivity index (χ0v) is 23.4. The Balaban J connectivity index is 1.23. The number of aliphatic hydroxyl groups excluding tert-OH is 1. The monoisotopic (exact) mass is 541 g/mol. The average Bonchev–Trinajstić information content (AvgIpc) is 2.95. The predicted molar refractivity (Wildman–Crippen MR) is 155 cm³/mol. The van der Waals surface area contributed by atoms with Gasteiger partial charge >= 0.3 is 6.03 Å². The van der Waals surface area contributed by atoms with Crippen molar-refractivity contribution < 1.29 is 24.5 Å². The number of hydrogen-bond acceptors (Lipinski definition) is 6. The Morgan fingerprint density at radius 2 is 1.62 bits per heavy atom. The average molecular weight is 542 g/mol. The van der Waals surface area contributed by atoms with Gasteiger partial charge in [0.05, 0.1) is 0 Å². The molecule has 39 heavy (non-hydrogen) atoms. The van der Waals surface area contributed by atoms with E-state index in [9.17, 15) is 15.0 Å². The number of urea groups is 1. The standard InChI is InChI=1S/C31H47N3O5/c1-2-3-4-5-6-7-19-33-31(37)34-21-17-30(18-22-34)39-29-12-8-25(9-13-29)16-20-32-23-27(36)24-38-28-14-10-26(35)11-15-28/h8-15,27,30,32,35-36H,2-7,16-24H2,1H3,(H,33,37)/t27-/m0/s1. The van der Waals surface area contributed by atoms with E-state index in [1.807, 2.05) is 17.0 Å². The van der Waals surface area contributed by atoms with Crippen molar-refractivity contribution in [2.24, 2.45) is 0 Å². The Bertz CT molecular complexity index is 930. The number of carbonyl (C=O) groups is 1. The van der Waals surface area contributed by atoms with Crippen molar-refractivity contribution >= 4 is 6.03 Å². The Kier molecular flexibility index (Phi) is 13.8. The number of nitrogens with zero attached hydrogens (tertiary/aromatic N) is 1. The minimum absolute atomic E-state index is 0.0531. The lowest BCUT2D eigenvalue weighted by Gasteiger charge is -2.32. The van der Waals surface area contributed by atoms with Gasteiger partial charge in [0.1, 0.15) is 36.1 Å². The second-order valence-electron chi connectivity index (χ2n) is 10.4. The number of nitrogens with one attached hydrogen (secondary N) is 2. The third-order valence-corrected chi connectivity index (χ3v) is 7.01. The van der Waals surface area contributed by atoms with Gasteiger partial charge in [-0.1, -0.05) is 51.2 Å². The van der Waals surface area contributed by atoms with E-state index < -0.39 is 6.10 Å². The van der Waals surface area contributed by atoms with Crippen LogP contribution in [-0.4, -0.2) is 72.7 Å². The summed E-state index contributed by atoms with van der Waals surface area (Å²) in [5, 5.41) is 25.7. The molecule has 2 aromatic rings. The van der Waals surface area contributed by atoms with Gasteiger partial charge in [-0.3, -0.25) is 0 Å². The topological polar surface area (TPSA) is 103 Å². The molecule has 0 spiro atoms. The molecule has 0 aliphatic carbocycles. The van der Waals surface area contributed by atoms with Gasteiger partial charge in [0, 0.05) is 39.0 Å². The smallest absolute Gasteiger partial charge is 0.317 e. The first kappa shape index (κ1) is 30.6. The van der Waals surface area contributed by atoms with E-state index in [1.165, 1.54) is 37.7 Å². The molecular formula is C31H47N3O5. The third-order valence-electron chi connectivity index (χ3n) is 7.01. The van der Waals surface area contributed by atoms with Crippen molar-refractivity contribution in [1.82, 2.24) is 15.5 Å². The maximum Gasteiger partial charge on any atom is 0.317 e. The number of phenolic OH excluding ortho intramolecular Hbond substituents is 1. The van der Waals surface area contributed by atoms with Crippen LogP contribution < -0.4 is 20.1 Å². The number of likely N-dealkylation sites (tertiary alicyclic amines) is 1. The zero-order valence-electron chi connectivity index (χ0n) is 23.4. The number of rotatable bonds is 17. The van der Waals surface area contributed by atoms with Crippen LogP contribution in [0.1, 0.15) is 63.9 Å². The maximum atomic E-state index is 12.4. The highest BCUT2D eigenvalue weighted by Gasteiger charge is 2.23. The van der Waals surface area contributed by atoms with Crippen molar-refractivity contribution in [2.45, 2.75) is 76.9 Å². The second kappa shape index (κ2) is 17.6. The van der Waals surface area contributed by atoms with Crippen LogP contribution in [0.25, 0.3) is 0 Å². The third kappa shape index (κ3) is 12.2. The lowest BCUT2D eigenvalue weighted by atomic mass is 10.1. The molecule has 216 valence electrons. The molecule has 1 aliphatic rings. The number of benzene rings is 2. The van der Waals surface area contributed by atoms with E-state index in [2.05, 4.69) is 29.7 Å². The summed E-state index contributed by atoms with van der Waals surface area (Å²) < 4.78 is 11.7. The molecule has 3 rings (SSSR count). The second-order valence-corrected chi connectivity index (χ2v) is 10.4. The fraction of sp³-hybridized carbons (Fsp3) is 0.581. The van der Waals surface area contributed by atoms with Crippen molar-refractivity contribution in [3.05, 3.63) is 54.1 Å². The number of carbonyl (C=O) groups excluding carboxylic acids is 1. The van der Waals surface area contributed by atoms with E-state index >= 15 is 0 Å². The number of ether oxygens (including phenoxy) is 2. The van der Waals surface area contributed by atoms with Gasteiger partial charge in [-0.05, 0) is 61.3 Å². The molecule has 1 saturated heterocycles. The van der Waals surface area contributed by atoms with Gasteiger partial charge in [0.15, 0.2) is 0 Å². The quantitative estimate of drug-likeness (QED) is 0.213. The summed E-state index contributed by atoms with van der Waals surface area (Å²) >= 11 is 0. The van der Waals surface area contributed by atoms with Crippen molar-refractivity contribution in [2.75, 3.05) is 39.3 Å². The molecule has 0 bridgehead atoms. The SMILES string of the molecule is CCCCCCCCNC(=O)N1CCC(Oc2ccc(CCNC[C@H](O)COc3ccc(O)cc3)cc2)CC1. The molecule has 8 heteroatoms. The molecule has 2 aromatic carbocycles. The van der Waals surface area contributed by atoms with Crippen LogP contribution in [0.4, 0.5) is 4.79 Å². The van der Waals surface area contributed by atoms with E-state index in [0.717, 1.165) is 57.6 Å². The van der Waals surface area contributed by atoms with E-state index in [4.69, 9.17) is 9.47 Å². The maximum absolute atomic E-state index is 12.4. The number of hydrogen-bond donors (Lipinski definition) is 4. The molecule has 8 nitrogen and oxygen atoms in total. The van der Waals surface area contributed by atoms with Crippen molar-refractivity contribution in [1.29, 1.82) is 0 Å². The lowest BCUT2D eigenvalue weighted by Crippen LogP contribution is -2.46. The van der Waals surface area contributed by atoms with Crippen LogP contribution in [0.15, 0.2) is 48.5 Å². The molecule has 1 fully saturated rings. The molecule has 0 saturated carbocycles. The van der Waals surface area contributed by atoms with Crippen LogP contribution in [0.3, 0.4) is 0 Å². The number of piperidine rings is 1. The molecule has 1 heterocycles. The molecule has 1 aliphatic heterocycles. The normalized spacial score (nSPS) is 14.7. The molecule has 0 radical (unpaired) electrons. The molecule has 0 aromatic heterocycles. The minimum Gasteiger partial charge on any atom is -0.508 e.